The number of amides is 2. The summed E-state index contributed by atoms with van der Waals surface area (Å²) in [5.41, 5.74) is -0.0519. The van der Waals surface area contributed by atoms with E-state index in [4.69, 9.17) is 21.2 Å². The van der Waals surface area contributed by atoms with Gasteiger partial charge in [-0.05, 0) is 0 Å². The van der Waals surface area contributed by atoms with Gasteiger partial charge in [-0.1, -0.05) is 5.16 Å². The third-order valence-corrected chi connectivity index (χ3v) is 6.88. The molecule has 3 rings (SSSR count). The topological polar surface area (TPSA) is 118 Å². The first-order valence-electron chi connectivity index (χ1n) is 7.59. The quantitative estimate of drug-likeness (QED) is 0.277. The average molecular weight is 422 g/mol. The third-order valence-electron chi connectivity index (χ3n) is 4.00. The van der Waals surface area contributed by atoms with Crippen LogP contribution in [-0.2, 0) is 24.0 Å². The van der Waals surface area contributed by atoms with Crippen LogP contribution in [0.25, 0.3) is 0 Å². The van der Waals surface area contributed by atoms with Crippen LogP contribution in [0.4, 0.5) is 0 Å². The van der Waals surface area contributed by atoms with Crippen LogP contribution in [0.2, 0.25) is 0 Å². The van der Waals surface area contributed by atoms with Crippen LogP contribution < -0.4 is 5.32 Å². The number of aliphatic carboxylic acids is 1. The second-order valence-corrected chi connectivity index (χ2v) is 8.52. The zero-order chi connectivity index (χ0) is 18.9. The fourth-order valence-corrected chi connectivity index (χ4v) is 5.00. The lowest BCUT2D eigenvalue weighted by molar-refractivity contribution is -0.151. The molecule has 2 N–H and O–H groups in total. The molecule has 2 unspecified atom stereocenters. The molecule has 0 bridgehead atoms. The number of nitrogens with one attached hydrogen (secondary N) is 1. The first-order valence-corrected chi connectivity index (χ1v) is 10.1. The number of hydrogen-bond donors (Lipinski definition) is 2. The number of rotatable bonds is 5. The first kappa shape index (κ1) is 19.2. The van der Waals surface area contributed by atoms with Gasteiger partial charge in [0.1, 0.15) is 18.5 Å². The highest BCUT2D eigenvalue weighted by atomic mass is 35.5. The zero-order valence-electron chi connectivity index (χ0n) is 13.6. The summed E-state index contributed by atoms with van der Waals surface area (Å²) in [6, 6.07) is -0.776. The van der Waals surface area contributed by atoms with Crippen molar-refractivity contribution in [1.29, 1.82) is 0 Å². The molecule has 3 aliphatic rings. The molecule has 0 saturated carbocycles. The molecular formula is C14H16ClN3O6S2. The van der Waals surface area contributed by atoms with E-state index in [0.29, 0.717) is 6.61 Å². The van der Waals surface area contributed by atoms with E-state index < -0.39 is 22.8 Å². The minimum atomic E-state index is -1.51. The van der Waals surface area contributed by atoms with Crippen molar-refractivity contribution in [3.8, 4) is 0 Å². The number of nitrogens with zero attached hydrogens (tertiary/aromatic N) is 2. The normalized spacial score (nSPS) is 31.2. The van der Waals surface area contributed by atoms with Gasteiger partial charge in [-0.15, -0.1) is 35.1 Å². The van der Waals surface area contributed by atoms with Crippen LogP contribution in [0, 0.1) is 0 Å². The molecule has 142 valence electrons. The van der Waals surface area contributed by atoms with Crippen LogP contribution in [0.3, 0.4) is 0 Å². The summed E-state index contributed by atoms with van der Waals surface area (Å²) in [7, 11) is 1.31. The Hall–Kier alpha value is -1.59. The van der Waals surface area contributed by atoms with Gasteiger partial charge in [0.15, 0.2) is 10.6 Å². The van der Waals surface area contributed by atoms with E-state index in [1.807, 2.05) is 0 Å². The number of fused-ring (bicyclic) bond motifs is 1. The highest BCUT2D eigenvalue weighted by Gasteiger charge is 2.57. The molecule has 2 amide bonds. The molecule has 0 spiro atoms. The zero-order valence-corrected chi connectivity index (χ0v) is 16.0. The molecule has 3 atom stereocenters. The number of carbonyl (C=O) groups excluding carboxylic acids is 2. The van der Waals surface area contributed by atoms with Crippen molar-refractivity contribution < 1.29 is 29.1 Å². The maximum atomic E-state index is 12.5. The Kier molecular flexibility index (Phi) is 5.58. The van der Waals surface area contributed by atoms with E-state index >= 15 is 0 Å². The fraction of sp³-hybridized carbons (Fsp3) is 0.571. The summed E-state index contributed by atoms with van der Waals surface area (Å²) in [6.07, 6.45) is 0. The van der Waals surface area contributed by atoms with E-state index in [-0.39, 0.29) is 35.0 Å². The number of oxime groups is 1. The van der Waals surface area contributed by atoms with Crippen LogP contribution in [0.5, 0.6) is 0 Å². The van der Waals surface area contributed by atoms with Crippen molar-refractivity contribution in [2.75, 3.05) is 31.8 Å². The number of thioether (sulfide) groups is 2. The van der Waals surface area contributed by atoms with Gasteiger partial charge in [-0.25, -0.2) is 0 Å². The first-order chi connectivity index (χ1) is 12.4. The minimum absolute atomic E-state index is 0.0519. The van der Waals surface area contributed by atoms with Crippen LogP contribution in [0.1, 0.15) is 0 Å². The molecule has 0 aromatic rings. The van der Waals surface area contributed by atoms with Crippen molar-refractivity contribution in [1.82, 2.24) is 10.2 Å². The lowest BCUT2D eigenvalue weighted by Gasteiger charge is -2.52. The molecule has 2 saturated heterocycles. The van der Waals surface area contributed by atoms with Gasteiger partial charge in [0.25, 0.3) is 5.91 Å². The third kappa shape index (κ3) is 3.47. The van der Waals surface area contributed by atoms with Crippen molar-refractivity contribution in [3.63, 3.8) is 0 Å². The maximum Gasteiger partial charge on any atom is 0.327 e. The van der Waals surface area contributed by atoms with E-state index in [9.17, 15) is 19.5 Å². The van der Waals surface area contributed by atoms with E-state index in [1.54, 1.807) is 5.41 Å². The highest BCUT2D eigenvalue weighted by molar-refractivity contribution is 8.02. The number of carbonyl (C=O) groups is 3. The molecule has 0 aromatic heterocycles. The summed E-state index contributed by atoms with van der Waals surface area (Å²) < 4.78 is 5.42. The number of β-lactam (4-membered cyclic amide) rings is 1. The molecule has 26 heavy (non-hydrogen) atoms. The Morgan fingerprint density at radius 1 is 1.58 bits per heavy atom. The molecule has 9 nitrogen and oxygen atoms in total. The Labute approximate surface area is 162 Å². The van der Waals surface area contributed by atoms with Gasteiger partial charge in [0, 0.05) is 16.9 Å². The summed E-state index contributed by atoms with van der Waals surface area (Å²) in [4.78, 5) is 40.7. The monoisotopic (exact) mass is 421 g/mol. The van der Waals surface area contributed by atoms with Crippen LogP contribution >= 0.6 is 35.1 Å². The van der Waals surface area contributed by atoms with Crippen molar-refractivity contribution in [3.05, 3.63) is 11.2 Å². The molecule has 2 fully saturated rings. The Morgan fingerprint density at radius 2 is 2.35 bits per heavy atom. The largest absolute Gasteiger partial charge is 0.490 e. The number of hydrogen-bond acceptors (Lipinski definition) is 8. The van der Waals surface area contributed by atoms with Crippen LogP contribution in [0.15, 0.2) is 16.3 Å². The number of halogens is 1. The fourth-order valence-electron chi connectivity index (χ4n) is 2.67. The predicted molar refractivity (Wildman–Crippen MR) is 97.0 cm³/mol. The standard InChI is InChI=1S/C14H16ClN3O6S2/c1-23-17-8(7-4-25-3-2-24-7)10(19)16-9-11(20)18-5-14(15,13(21)22)6-26-12(9)18/h4,9,12H,2-3,5-6H2,1H3,(H,16,19)(H,21,22)/t9?,12-,14?/m1/s1. The molecular weight excluding hydrogens is 406 g/mol. The van der Waals surface area contributed by atoms with Gasteiger partial charge >= 0.3 is 5.97 Å². The molecule has 0 aromatic carbocycles. The van der Waals surface area contributed by atoms with Crippen molar-refractivity contribution in [2.24, 2.45) is 5.16 Å². The predicted octanol–water partition coefficient (Wildman–Crippen LogP) is 0.0557. The van der Waals surface area contributed by atoms with E-state index in [2.05, 4.69) is 10.5 Å². The van der Waals surface area contributed by atoms with Crippen LogP contribution in [-0.4, -0.2) is 81.6 Å². The smallest absolute Gasteiger partial charge is 0.327 e. The highest BCUT2D eigenvalue weighted by Crippen LogP contribution is 2.41. The van der Waals surface area contributed by atoms with Crippen molar-refractivity contribution in [2.45, 2.75) is 16.3 Å². The lowest BCUT2D eigenvalue weighted by Crippen LogP contribution is -2.74. The molecule has 3 heterocycles. The summed E-state index contributed by atoms with van der Waals surface area (Å²) in [5.74, 6) is -0.963. The van der Waals surface area contributed by atoms with E-state index in [0.717, 1.165) is 5.75 Å². The summed E-state index contributed by atoms with van der Waals surface area (Å²) in [6.45, 7) is 0.338. The second kappa shape index (κ2) is 7.57. The Morgan fingerprint density at radius 3 is 2.96 bits per heavy atom. The maximum absolute atomic E-state index is 12.5. The van der Waals surface area contributed by atoms with Gasteiger partial charge in [0.05, 0.1) is 13.2 Å². The van der Waals surface area contributed by atoms with Gasteiger partial charge in [0.2, 0.25) is 11.6 Å². The molecule has 0 radical (unpaired) electrons. The minimum Gasteiger partial charge on any atom is -0.490 e. The average Bonchev–Trinajstić information content (AvgIpc) is 2.64. The number of carboxylic acid groups (broad SMARTS) is 1. The second-order valence-electron chi connectivity index (χ2n) is 5.71. The Balaban J connectivity index is 1.67. The number of alkyl halides is 1. The van der Waals surface area contributed by atoms with E-state index in [1.165, 1.54) is 35.5 Å². The lowest BCUT2D eigenvalue weighted by atomic mass is 10.0. The summed E-state index contributed by atoms with van der Waals surface area (Å²) in [5, 5.41) is 16.8. The number of carboxylic acids is 1. The molecule has 3 aliphatic heterocycles. The van der Waals surface area contributed by atoms with Gasteiger partial charge < -0.3 is 24.9 Å². The summed E-state index contributed by atoms with van der Waals surface area (Å²) >= 11 is 8.75. The van der Waals surface area contributed by atoms with Crippen molar-refractivity contribution >= 4 is 58.6 Å². The molecule has 0 aliphatic carbocycles. The molecule has 12 heteroatoms. The SMILES string of the molecule is CON=C(C(=O)NC1C(=O)N2CC(Cl)(C(=O)O)CS[C@H]12)C1=CSCCO1. The number of ether oxygens (including phenoxy) is 1. The van der Waals surface area contributed by atoms with Gasteiger partial charge in [-0.2, -0.15) is 0 Å². The van der Waals surface area contributed by atoms with Gasteiger partial charge in [-0.3, -0.25) is 14.4 Å². The Bertz CT molecular complexity index is 702.